The summed E-state index contributed by atoms with van der Waals surface area (Å²) in [7, 11) is 0. The summed E-state index contributed by atoms with van der Waals surface area (Å²) in [5, 5.41) is 19.2. The minimum Gasteiger partial charge on any atom is -0.507 e. The van der Waals surface area contributed by atoms with Crippen molar-refractivity contribution < 1.29 is 19.7 Å². The molecule has 0 atom stereocenters. The van der Waals surface area contributed by atoms with Gasteiger partial charge in [-0.05, 0) is 29.3 Å². The van der Waals surface area contributed by atoms with Crippen LogP contribution in [0.15, 0.2) is 72.8 Å². The van der Waals surface area contributed by atoms with E-state index >= 15 is 0 Å². The van der Waals surface area contributed by atoms with E-state index in [0.717, 1.165) is 5.56 Å². The van der Waals surface area contributed by atoms with Crippen molar-refractivity contribution in [3.8, 4) is 11.5 Å². The molecule has 0 aliphatic carbocycles. The molecular weight excluding hydrogens is 340 g/mol. The quantitative estimate of drug-likeness (QED) is 0.648. The monoisotopic (exact) mass is 362 g/mol. The van der Waals surface area contributed by atoms with Crippen LogP contribution in [0, 0.1) is 0 Å². The summed E-state index contributed by atoms with van der Waals surface area (Å²) in [5.41, 5.74) is 2.42. The van der Waals surface area contributed by atoms with Gasteiger partial charge >= 0.3 is 5.97 Å². The molecule has 0 aromatic heterocycles. The summed E-state index contributed by atoms with van der Waals surface area (Å²) < 4.78 is 5.83. The first-order chi connectivity index (χ1) is 12.9. The number of phenols is 1. The normalized spacial score (nSPS) is 11.2. The summed E-state index contributed by atoms with van der Waals surface area (Å²) in [6, 6.07) is 22.7. The van der Waals surface area contributed by atoms with Crippen LogP contribution >= 0.6 is 0 Å². The smallest absolute Gasteiger partial charge is 0.339 e. The molecule has 0 unspecified atom stereocenters. The lowest BCUT2D eigenvalue weighted by Gasteiger charge is -2.26. The summed E-state index contributed by atoms with van der Waals surface area (Å²) in [5.74, 6) is -0.761. The maximum Gasteiger partial charge on any atom is 0.339 e. The van der Waals surface area contributed by atoms with Crippen LogP contribution in [0.1, 0.15) is 40.9 Å². The second kappa shape index (κ2) is 7.54. The van der Waals surface area contributed by atoms with E-state index in [-0.39, 0.29) is 23.3 Å². The zero-order chi connectivity index (χ0) is 19.4. The lowest BCUT2D eigenvalue weighted by Crippen LogP contribution is -2.18. The Balaban J connectivity index is 1.81. The Morgan fingerprint density at radius 3 is 2.30 bits per heavy atom. The number of carbonyl (C=O) groups is 1. The third kappa shape index (κ3) is 3.95. The molecule has 4 nitrogen and oxygen atoms in total. The number of rotatable bonds is 6. The molecule has 2 N–H and O–H groups in total. The summed E-state index contributed by atoms with van der Waals surface area (Å²) in [4.78, 5) is 11.1. The average Bonchev–Trinajstić information content (AvgIpc) is 2.68. The third-order valence-corrected chi connectivity index (χ3v) is 4.80. The van der Waals surface area contributed by atoms with Gasteiger partial charge in [-0.15, -0.1) is 0 Å². The molecule has 27 heavy (non-hydrogen) atoms. The van der Waals surface area contributed by atoms with Crippen LogP contribution in [0.2, 0.25) is 0 Å². The summed E-state index contributed by atoms with van der Waals surface area (Å²) in [6.07, 6.45) is 0. The zero-order valence-corrected chi connectivity index (χ0v) is 15.3. The van der Waals surface area contributed by atoms with Crippen molar-refractivity contribution in [3.63, 3.8) is 0 Å². The third-order valence-electron chi connectivity index (χ3n) is 4.80. The molecule has 0 radical (unpaired) electrons. The number of carboxylic acid groups (broad SMARTS) is 1. The maximum atomic E-state index is 11.1. The maximum absolute atomic E-state index is 11.1. The van der Waals surface area contributed by atoms with E-state index in [4.69, 9.17) is 9.84 Å². The summed E-state index contributed by atoms with van der Waals surface area (Å²) in [6.45, 7) is 4.40. The average molecular weight is 362 g/mol. The van der Waals surface area contributed by atoms with Gasteiger partial charge in [0.1, 0.15) is 23.7 Å². The predicted molar refractivity (Wildman–Crippen MR) is 104 cm³/mol. The van der Waals surface area contributed by atoms with Crippen molar-refractivity contribution in [2.45, 2.75) is 25.9 Å². The van der Waals surface area contributed by atoms with E-state index in [1.165, 1.54) is 11.6 Å². The van der Waals surface area contributed by atoms with Gasteiger partial charge in [0.15, 0.2) is 0 Å². The van der Waals surface area contributed by atoms with Gasteiger partial charge in [0.2, 0.25) is 0 Å². The van der Waals surface area contributed by atoms with E-state index in [1.807, 2.05) is 36.4 Å². The minimum atomic E-state index is -1.17. The number of ether oxygens (including phenoxy) is 1. The van der Waals surface area contributed by atoms with Gasteiger partial charge in [0, 0.05) is 11.0 Å². The fraction of sp³-hybridized carbons (Fsp3) is 0.174. The lowest BCUT2D eigenvalue weighted by molar-refractivity contribution is 0.0693. The van der Waals surface area contributed by atoms with Crippen molar-refractivity contribution in [3.05, 3.63) is 95.1 Å². The molecule has 4 heteroatoms. The fourth-order valence-electron chi connectivity index (χ4n) is 3.04. The molecule has 0 aliphatic rings. The van der Waals surface area contributed by atoms with E-state index in [2.05, 4.69) is 32.0 Å². The van der Waals surface area contributed by atoms with Crippen LogP contribution < -0.4 is 4.74 Å². The Labute approximate surface area is 158 Å². The largest absolute Gasteiger partial charge is 0.507 e. The Kier molecular flexibility index (Phi) is 5.17. The van der Waals surface area contributed by atoms with Gasteiger partial charge in [0.25, 0.3) is 0 Å². The van der Waals surface area contributed by atoms with Crippen molar-refractivity contribution in [2.75, 3.05) is 0 Å². The SMILES string of the molecule is CC(C)(c1ccccc1)c1cccc(OCc2cccc(C(=O)O)c2O)c1. The molecule has 3 aromatic carbocycles. The van der Waals surface area contributed by atoms with Crippen LogP contribution in [0.5, 0.6) is 11.5 Å². The standard InChI is InChI=1S/C23H22O4/c1-23(2,17-9-4-3-5-10-17)18-11-7-12-19(14-18)27-15-16-8-6-13-20(21(16)24)22(25)26/h3-14,24H,15H2,1-2H3,(H,25,26). The second-order valence-corrected chi connectivity index (χ2v) is 6.93. The van der Waals surface area contributed by atoms with Crippen molar-refractivity contribution in [1.29, 1.82) is 0 Å². The van der Waals surface area contributed by atoms with E-state index in [9.17, 15) is 9.90 Å². The van der Waals surface area contributed by atoms with Gasteiger partial charge in [0.05, 0.1) is 0 Å². The van der Waals surface area contributed by atoms with Gasteiger partial charge < -0.3 is 14.9 Å². The van der Waals surface area contributed by atoms with Gasteiger partial charge in [-0.2, -0.15) is 0 Å². The molecule has 3 rings (SSSR count). The number of aromatic carboxylic acids is 1. The van der Waals surface area contributed by atoms with Crippen LogP contribution in [0.3, 0.4) is 0 Å². The molecule has 3 aromatic rings. The Hall–Kier alpha value is -3.27. The van der Waals surface area contributed by atoms with E-state index < -0.39 is 5.97 Å². The van der Waals surface area contributed by atoms with Crippen LogP contribution in [-0.2, 0) is 12.0 Å². The van der Waals surface area contributed by atoms with E-state index in [0.29, 0.717) is 11.3 Å². The Morgan fingerprint density at radius 2 is 1.59 bits per heavy atom. The lowest BCUT2D eigenvalue weighted by atomic mass is 9.78. The van der Waals surface area contributed by atoms with Crippen molar-refractivity contribution in [1.82, 2.24) is 0 Å². The highest BCUT2D eigenvalue weighted by atomic mass is 16.5. The molecule has 138 valence electrons. The Bertz CT molecular complexity index is 946. The molecule has 0 saturated carbocycles. The molecule has 0 saturated heterocycles. The Morgan fingerprint density at radius 1 is 0.926 bits per heavy atom. The highest BCUT2D eigenvalue weighted by Gasteiger charge is 2.23. The second-order valence-electron chi connectivity index (χ2n) is 6.93. The number of hydrogen-bond donors (Lipinski definition) is 2. The zero-order valence-electron chi connectivity index (χ0n) is 15.3. The molecular formula is C23H22O4. The van der Waals surface area contributed by atoms with Gasteiger partial charge in [-0.25, -0.2) is 4.79 Å². The van der Waals surface area contributed by atoms with Gasteiger partial charge in [-0.3, -0.25) is 0 Å². The summed E-state index contributed by atoms with van der Waals surface area (Å²) >= 11 is 0. The molecule has 0 heterocycles. The van der Waals surface area contributed by atoms with Crippen molar-refractivity contribution >= 4 is 5.97 Å². The molecule has 0 bridgehead atoms. The highest BCUT2D eigenvalue weighted by molar-refractivity contribution is 5.91. The predicted octanol–water partition coefficient (Wildman–Crippen LogP) is 5.00. The van der Waals surface area contributed by atoms with Crippen molar-refractivity contribution in [2.24, 2.45) is 0 Å². The molecule has 0 amide bonds. The van der Waals surface area contributed by atoms with Crippen LogP contribution in [0.25, 0.3) is 0 Å². The first-order valence-corrected chi connectivity index (χ1v) is 8.72. The number of aromatic hydroxyl groups is 1. The molecule has 0 aliphatic heterocycles. The first kappa shape index (κ1) is 18.5. The topological polar surface area (TPSA) is 66.8 Å². The number of hydrogen-bond acceptors (Lipinski definition) is 3. The van der Waals surface area contributed by atoms with Crippen LogP contribution in [-0.4, -0.2) is 16.2 Å². The molecule has 0 spiro atoms. The fourth-order valence-corrected chi connectivity index (χ4v) is 3.04. The number of para-hydroxylation sites is 1. The van der Waals surface area contributed by atoms with Crippen LogP contribution in [0.4, 0.5) is 0 Å². The number of benzene rings is 3. The van der Waals surface area contributed by atoms with Gasteiger partial charge in [-0.1, -0.05) is 68.4 Å². The molecule has 0 fully saturated rings. The van der Waals surface area contributed by atoms with E-state index in [1.54, 1.807) is 12.1 Å². The minimum absolute atomic E-state index is 0.0855. The first-order valence-electron chi connectivity index (χ1n) is 8.72. The number of carboxylic acids is 1. The highest BCUT2D eigenvalue weighted by Crippen LogP contribution is 2.33.